The van der Waals surface area contributed by atoms with Crippen LogP contribution in [-0.4, -0.2) is 40.8 Å². The molecule has 0 saturated carbocycles. The highest BCUT2D eigenvalue weighted by Gasteiger charge is 2.18. The summed E-state index contributed by atoms with van der Waals surface area (Å²) in [7, 11) is 0. The van der Waals surface area contributed by atoms with Crippen molar-refractivity contribution in [1.82, 2.24) is 10.6 Å². The highest BCUT2D eigenvalue weighted by atomic mass is 79.9. The fraction of sp³-hybridized carbons (Fsp3) is 0.667. The van der Waals surface area contributed by atoms with Crippen LogP contribution in [0.1, 0.15) is 13.8 Å². The Hall–Kier alpha value is -1.11. The summed E-state index contributed by atoms with van der Waals surface area (Å²) in [6, 6.07) is 0. The monoisotopic (exact) mass is 294 g/mol. The van der Waals surface area contributed by atoms with E-state index in [4.69, 9.17) is 5.11 Å². The average Bonchev–Trinajstić information content (AvgIpc) is 2.21. The van der Waals surface area contributed by atoms with Gasteiger partial charge >= 0.3 is 5.97 Å². The Bertz CT molecular complexity index is 281. The fourth-order valence-corrected chi connectivity index (χ4v) is 0.966. The molecule has 0 aromatic carbocycles. The van der Waals surface area contributed by atoms with Crippen LogP contribution >= 0.6 is 15.9 Å². The largest absolute Gasteiger partial charge is 0.480 e. The van der Waals surface area contributed by atoms with Crippen LogP contribution in [0.2, 0.25) is 0 Å². The first-order chi connectivity index (χ1) is 7.34. The van der Waals surface area contributed by atoms with Gasteiger partial charge in [-0.2, -0.15) is 0 Å². The van der Waals surface area contributed by atoms with E-state index in [0.717, 1.165) is 0 Å². The molecule has 0 spiro atoms. The molecule has 0 heterocycles. The van der Waals surface area contributed by atoms with Gasteiger partial charge in [-0.15, -0.1) is 0 Å². The molecule has 0 aliphatic rings. The van der Waals surface area contributed by atoms with Gasteiger partial charge in [0, 0.05) is 0 Å². The van der Waals surface area contributed by atoms with E-state index in [1.807, 2.05) is 13.8 Å². The summed E-state index contributed by atoms with van der Waals surface area (Å²) in [5, 5.41) is 12.8. The van der Waals surface area contributed by atoms with Crippen LogP contribution in [0.15, 0.2) is 0 Å². The van der Waals surface area contributed by atoms with E-state index < -0.39 is 18.4 Å². The Labute approximate surface area is 102 Å². The number of carboxylic acids is 1. The molecular weight excluding hydrogens is 280 g/mol. The van der Waals surface area contributed by atoms with E-state index in [0.29, 0.717) is 0 Å². The van der Waals surface area contributed by atoms with Gasteiger partial charge in [-0.3, -0.25) is 14.4 Å². The molecule has 0 rings (SSSR count). The zero-order valence-electron chi connectivity index (χ0n) is 9.12. The van der Waals surface area contributed by atoms with E-state index in [1.54, 1.807) is 0 Å². The van der Waals surface area contributed by atoms with Crippen molar-refractivity contribution in [2.45, 2.75) is 18.7 Å². The maximum Gasteiger partial charge on any atom is 0.322 e. The average molecular weight is 295 g/mol. The minimum atomic E-state index is -1.12. The Morgan fingerprint density at radius 2 is 1.75 bits per heavy atom. The van der Waals surface area contributed by atoms with Crippen molar-refractivity contribution in [2.24, 2.45) is 5.92 Å². The highest BCUT2D eigenvalue weighted by Crippen LogP contribution is 2.11. The van der Waals surface area contributed by atoms with Crippen molar-refractivity contribution >= 4 is 33.7 Å². The minimum absolute atomic E-state index is 0.113. The number of carbonyl (C=O) groups excluding carboxylic acids is 2. The normalized spacial score (nSPS) is 12.0. The van der Waals surface area contributed by atoms with Crippen LogP contribution in [-0.2, 0) is 14.4 Å². The zero-order valence-corrected chi connectivity index (χ0v) is 10.7. The van der Waals surface area contributed by atoms with Crippen LogP contribution in [0.4, 0.5) is 0 Å². The lowest BCUT2D eigenvalue weighted by Crippen LogP contribution is -2.42. The molecule has 0 aliphatic carbocycles. The maximum atomic E-state index is 11.4. The predicted molar refractivity (Wildman–Crippen MR) is 61.2 cm³/mol. The van der Waals surface area contributed by atoms with Crippen molar-refractivity contribution in [3.63, 3.8) is 0 Å². The van der Waals surface area contributed by atoms with Gasteiger partial charge in [0.1, 0.15) is 6.54 Å². The lowest BCUT2D eigenvalue weighted by atomic mass is 10.1. The van der Waals surface area contributed by atoms with E-state index in [-0.39, 0.29) is 23.2 Å². The van der Waals surface area contributed by atoms with Crippen LogP contribution in [0.25, 0.3) is 0 Å². The summed E-state index contributed by atoms with van der Waals surface area (Å²) in [5.74, 6) is -1.83. The van der Waals surface area contributed by atoms with Crippen molar-refractivity contribution in [3.05, 3.63) is 0 Å². The van der Waals surface area contributed by atoms with Gasteiger partial charge in [-0.25, -0.2) is 0 Å². The number of carboxylic acid groups (broad SMARTS) is 1. The predicted octanol–water partition coefficient (Wildman–Crippen LogP) is -0.277. The molecule has 6 nitrogen and oxygen atoms in total. The Morgan fingerprint density at radius 1 is 1.19 bits per heavy atom. The quantitative estimate of drug-likeness (QED) is 0.587. The third kappa shape index (κ3) is 6.39. The van der Waals surface area contributed by atoms with Crippen LogP contribution < -0.4 is 10.6 Å². The molecule has 0 unspecified atom stereocenters. The number of nitrogens with one attached hydrogen (secondary N) is 2. The van der Waals surface area contributed by atoms with E-state index in [2.05, 4.69) is 26.6 Å². The molecule has 0 fully saturated rings. The number of alkyl halides is 1. The molecule has 1 atom stereocenters. The SMILES string of the molecule is CC(C)[C@@H](Br)C(=O)NCC(=O)NCC(=O)O. The summed E-state index contributed by atoms with van der Waals surface area (Å²) in [4.78, 5) is 32.2. The van der Waals surface area contributed by atoms with Gasteiger partial charge in [0.25, 0.3) is 0 Å². The maximum absolute atomic E-state index is 11.4. The number of hydrogen-bond acceptors (Lipinski definition) is 3. The van der Waals surface area contributed by atoms with Crippen molar-refractivity contribution in [3.8, 4) is 0 Å². The molecule has 0 aromatic heterocycles. The molecule has 0 aromatic rings. The first-order valence-electron chi connectivity index (χ1n) is 4.75. The molecule has 7 heteroatoms. The van der Waals surface area contributed by atoms with Gasteiger partial charge in [0.05, 0.1) is 11.4 Å². The topological polar surface area (TPSA) is 95.5 Å². The Balaban J connectivity index is 3.83. The third-order valence-corrected chi connectivity index (χ3v) is 3.17. The van der Waals surface area contributed by atoms with E-state index in [9.17, 15) is 14.4 Å². The van der Waals surface area contributed by atoms with Crippen molar-refractivity contribution in [2.75, 3.05) is 13.1 Å². The number of carbonyl (C=O) groups is 3. The van der Waals surface area contributed by atoms with Crippen LogP contribution in [0.5, 0.6) is 0 Å². The minimum Gasteiger partial charge on any atom is -0.480 e. The number of amides is 2. The molecule has 16 heavy (non-hydrogen) atoms. The zero-order chi connectivity index (χ0) is 12.7. The Kier molecular flexibility index (Phi) is 6.71. The summed E-state index contributed by atoms with van der Waals surface area (Å²) in [6.07, 6.45) is 0. The fourth-order valence-electron chi connectivity index (χ4n) is 0.804. The van der Waals surface area contributed by atoms with Gasteiger partial charge < -0.3 is 15.7 Å². The third-order valence-electron chi connectivity index (χ3n) is 1.70. The lowest BCUT2D eigenvalue weighted by molar-refractivity contribution is -0.137. The number of hydrogen-bond donors (Lipinski definition) is 3. The second kappa shape index (κ2) is 7.21. The van der Waals surface area contributed by atoms with Crippen molar-refractivity contribution < 1.29 is 19.5 Å². The van der Waals surface area contributed by atoms with Crippen LogP contribution in [0, 0.1) is 5.92 Å². The number of rotatable bonds is 6. The second-order valence-corrected chi connectivity index (χ2v) is 4.52. The summed E-state index contributed by atoms with van der Waals surface area (Å²) in [6.45, 7) is 3.06. The molecule has 3 N–H and O–H groups in total. The van der Waals surface area contributed by atoms with Crippen molar-refractivity contribution in [1.29, 1.82) is 0 Å². The number of aliphatic carboxylic acids is 1. The number of halogens is 1. The summed E-state index contributed by atoms with van der Waals surface area (Å²) >= 11 is 3.18. The summed E-state index contributed by atoms with van der Waals surface area (Å²) < 4.78 is 0. The Morgan fingerprint density at radius 3 is 2.19 bits per heavy atom. The first kappa shape index (κ1) is 14.9. The molecule has 2 amide bonds. The summed E-state index contributed by atoms with van der Waals surface area (Å²) in [5.41, 5.74) is 0. The van der Waals surface area contributed by atoms with Crippen LogP contribution in [0.3, 0.4) is 0 Å². The highest BCUT2D eigenvalue weighted by molar-refractivity contribution is 9.10. The van der Waals surface area contributed by atoms with Gasteiger partial charge in [0.15, 0.2) is 0 Å². The lowest BCUT2D eigenvalue weighted by Gasteiger charge is -2.13. The van der Waals surface area contributed by atoms with Gasteiger partial charge in [-0.1, -0.05) is 29.8 Å². The molecular formula is C9H15BrN2O4. The first-order valence-corrected chi connectivity index (χ1v) is 5.66. The standard InChI is InChI=1S/C9H15BrN2O4/c1-5(2)8(10)9(16)12-3-6(13)11-4-7(14)15/h5,8H,3-4H2,1-2H3,(H,11,13)(H,12,16)(H,14,15)/t8-/m1/s1. The smallest absolute Gasteiger partial charge is 0.322 e. The van der Waals surface area contributed by atoms with Gasteiger partial charge in [0.2, 0.25) is 11.8 Å². The van der Waals surface area contributed by atoms with E-state index >= 15 is 0 Å². The van der Waals surface area contributed by atoms with E-state index in [1.165, 1.54) is 0 Å². The molecule has 0 radical (unpaired) electrons. The second-order valence-electron chi connectivity index (χ2n) is 3.53. The molecule has 0 aliphatic heterocycles. The molecule has 0 bridgehead atoms. The van der Waals surface area contributed by atoms with Gasteiger partial charge in [-0.05, 0) is 5.92 Å². The molecule has 0 saturated heterocycles. The molecule has 92 valence electrons.